The van der Waals surface area contributed by atoms with E-state index in [-0.39, 0.29) is 11.8 Å². The van der Waals surface area contributed by atoms with E-state index in [4.69, 9.17) is 4.74 Å². The second-order valence-electron chi connectivity index (χ2n) is 9.05. The molecule has 0 saturated heterocycles. The van der Waals surface area contributed by atoms with Gasteiger partial charge in [-0.3, -0.25) is 9.59 Å². The number of rotatable bonds is 10. The van der Waals surface area contributed by atoms with E-state index in [9.17, 15) is 9.59 Å². The lowest BCUT2D eigenvalue weighted by Gasteiger charge is -2.24. The number of ether oxygens (including phenoxy) is 1. The second kappa shape index (κ2) is 11.0. The van der Waals surface area contributed by atoms with Crippen LogP contribution in [-0.2, 0) is 16.0 Å². The minimum atomic E-state index is -0.512. The van der Waals surface area contributed by atoms with Crippen molar-refractivity contribution >= 4 is 17.5 Å². The van der Waals surface area contributed by atoms with Crippen molar-refractivity contribution in [1.82, 2.24) is 4.90 Å². The molecule has 0 aliphatic rings. The summed E-state index contributed by atoms with van der Waals surface area (Å²) in [7, 11) is 3.52. The molecule has 0 bridgehead atoms. The zero-order valence-electron chi connectivity index (χ0n) is 19.7. The van der Waals surface area contributed by atoms with Crippen LogP contribution in [0.25, 0.3) is 0 Å². The van der Waals surface area contributed by atoms with Gasteiger partial charge in [-0.2, -0.15) is 0 Å². The molecule has 0 atom stereocenters. The standard InChI is InChI=1S/C26H36N2O3/c1-19-11-12-20(2)23(17-19)31-16-8-15-26(3,4)25(30)27-22-10-7-9-21(18-22)13-14-24(29)28(5)6/h7,9-12,17-18H,8,13-16H2,1-6H3,(H,27,30). The van der Waals surface area contributed by atoms with E-state index < -0.39 is 5.41 Å². The predicted molar refractivity (Wildman–Crippen MR) is 127 cm³/mol. The van der Waals surface area contributed by atoms with Crippen LogP contribution in [0.15, 0.2) is 42.5 Å². The van der Waals surface area contributed by atoms with Crippen molar-refractivity contribution in [3.8, 4) is 5.75 Å². The predicted octanol–water partition coefficient (Wildman–Crippen LogP) is 5.15. The van der Waals surface area contributed by atoms with E-state index in [2.05, 4.69) is 24.4 Å². The Labute approximate surface area is 186 Å². The van der Waals surface area contributed by atoms with Gasteiger partial charge in [-0.1, -0.05) is 38.1 Å². The van der Waals surface area contributed by atoms with E-state index >= 15 is 0 Å². The Morgan fingerprint density at radius 2 is 1.81 bits per heavy atom. The molecule has 31 heavy (non-hydrogen) atoms. The normalized spacial score (nSPS) is 11.2. The van der Waals surface area contributed by atoms with E-state index in [0.717, 1.165) is 35.4 Å². The van der Waals surface area contributed by atoms with Crippen LogP contribution in [-0.4, -0.2) is 37.4 Å². The van der Waals surface area contributed by atoms with E-state index in [0.29, 0.717) is 19.4 Å². The molecule has 0 radical (unpaired) electrons. The molecule has 2 aromatic carbocycles. The maximum atomic E-state index is 12.9. The molecule has 0 spiro atoms. The fraction of sp³-hybridized carbons (Fsp3) is 0.462. The number of benzene rings is 2. The van der Waals surface area contributed by atoms with E-state index in [1.807, 2.05) is 51.1 Å². The van der Waals surface area contributed by atoms with Crippen LogP contribution < -0.4 is 10.1 Å². The Morgan fingerprint density at radius 1 is 1.06 bits per heavy atom. The van der Waals surface area contributed by atoms with Gasteiger partial charge in [0.2, 0.25) is 11.8 Å². The Balaban J connectivity index is 1.85. The summed E-state index contributed by atoms with van der Waals surface area (Å²) in [6, 6.07) is 13.9. The summed E-state index contributed by atoms with van der Waals surface area (Å²) in [6.07, 6.45) is 2.62. The minimum absolute atomic E-state index is 0.0132. The molecule has 0 saturated carbocycles. The first-order chi connectivity index (χ1) is 14.6. The Kier molecular flexibility index (Phi) is 8.66. The van der Waals surface area contributed by atoms with Crippen LogP contribution in [0.3, 0.4) is 0 Å². The van der Waals surface area contributed by atoms with E-state index in [1.165, 1.54) is 5.56 Å². The average Bonchev–Trinajstić information content (AvgIpc) is 2.72. The van der Waals surface area contributed by atoms with Crippen LogP contribution >= 0.6 is 0 Å². The number of anilines is 1. The molecule has 5 nitrogen and oxygen atoms in total. The number of hydrogen-bond acceptors (Lipinski definition) is 3. The molecule has 168 valence electrons. The SMILES string of the molecule is Cc1ccc(C)c(OCCCC(C)(C)C(=O)Nc2cccc(CCC(=O)N(C)C)c2)c1. The third-order valence-electron chi connectivity index (χ3n) is 5.47. The molecule has 0 aliphatic heterocycles. The number of hydrogen-bond donors (Lipinski definition) is 1. The van der Waals surface area contributed by atoms with Crippen molar-refractivity contribution in [3.05, 3.63) is 59.2 Å². The lowest BCUT2D eigenvalue weighted by Crippen LogP contribution is -2.31. The highest BCUT2D eigenvalue weighted by Gasteiger charge is 2.27. The third kappa shape index (κ3) is 7.74. The first kappa shape index (κ1) is 24.4. The van der Waals surface area contributed by atoms with Gasteiger partial charge in [-0.05, 0) is 68.0 Å². The topological polar surface area (TPSA) is 58.6 Å². The molecule has 2 amide bonds. The summed E-state index contributed by atoms with van der Waals surface area (Å²) >= 11 is 0. The molecule has 5 heteroatoms. The number of carbonyl (C=O) groups excluding carboxylic acids is 2. The molecule has 0 aliphatic carbocycles. The van der Waals surface area contributed by atoms with Crippen LogP contribution in [0, 0.1) is 19.3 Å². The summed E-state index contributed by atoms with van der Waals surface area (Å²) in [4.78, 5) is 26.3. The second-order valence-corrected chi connectivity index (χ2v) is 9.05. The van der Waals surface area contributed by atoms with Crippen LogP contribution in [0.2, 0.25) is 0 Å². The van der Waals surface area contributed by atoms with Crippen molar-refractivity contribution < 1.29 is 14.3 Å². The van der Waals surface area contributed by atoms with Crippen molar-refractivity contribution in [3.63, 3.8) is 0 Å². The van der Waals surface area contributed by atoms with Gasteiger partial charge in [0.15, 0.2) is 0 Å². The first-order valence-corrected chi connectivity index (χ1v) is 10.9. The summed E-state index contributed by atoms with van der Waals surface area (Å²) < 4.78 is 5.93. The lowest BCUT2D eigenvalue weighted by atomic mass is 9.86. The highest BCUT2D eigenvalue weighted by atomic mass is 16.5. The molecular formula is C26H36N2O3. The molecule has 2 rings (SSSR count). The van der Waals surface area contributed by atoms with Crippen LogP contribution in [0.4, 0.5) is 5.69 Å². The van der Waals surface area contributed by atoms with Gasteiger partial charge >= 0.3 is 0 Å². The Morgan fingerprint density at radius 3 is 2.52 bits per heavy atom. The molecule has 2 aromatic rings. The summed E-state index contributed by atoms with van der Waals surface area (Å²) in [5.74, 6) is 0.992. The Bertz CT molecular complexity index is 903. The van der Waals surface area contributed by atoms with Gasteiger partial charge in [0.25, 0.3) is 0 Å². The lowest BCUT2D eigenvalue weighted by molar-refractivity contribution is -0.128. The van der Waals surface area contributed by atoms with Gasteiger partial charge in [0, 0.05) is 31.6 Å². The Hall–Kier alpha value is -2.82. The van der Waals surface area contributed by atoms with Crippen molar-refractivity contribution in [1.29, 1.82) is 0 Å². The van der Waals surface area contributed by atoms with Crippen LogP contribution in [0.1, 0.15) is 49.8 Å². The molecule has 0 unspecified atom stereocenters. The third-order valence-corrected chi connectivity index (χ3v) is 5.47. The largest absolute Gasteiger partial charge is 0.493 e. The monoisotopic (exact) mass is 424 g/mol. The summed E-state index contributed by atoms with van der Waals surface area (Å²) in [6.45, 7) is 8.58. The smallest absolute Gasteiger partial charge is 0.230 e. The number of nitrogens with zero attached hydrogens (tertiary/aromatic N) is 1. The van der Waals surface area contributed by atoms with Gasteiger partial charge in [-0.15, -0.1) is 0 Å². The molecule has 1 N–H and O–H groups in total. The summed E-state index contributed by atoms with van der Waals surface area (Å²) in [5.41, 5.74) is 3.58. The number of nitrogens with one attached hydrogen (secondary N) is 1. The highest BCUT2D eigenvalue weighted by Crippen LogP contribution is 2.26. The summed E-state index contributed by atoms with van der Waals surface area (Å²) in [5, 5.41) is 3.03. The number of carbonyl (C=O) groups is 2. The van der Waals surface area contributed by atoms with E-state index in [1.54, 1.807) is 19.0 Å². The molecule has 0 heterocycles. The zero-order chi connectivity index (χ0) is 23.0. The zero-order valence-corrected chi connectivity index (χ0v) is 19.7. The van der Waals surface area contributed by atoms with Gasteiger partial charge in [0.05, 0.1) is 6.61 Å². The number of aryl methyl sites for hydroxylation is 3. The van der Waals surface area contributed by atoms with Gasteiger partial charge < -0.3 is 15.0 Å². The highest BCUT2D eigenvalue weighted by molar-refractivity contribution is 5.94. The van der Waals surface area contributed by atoms with Crippen molar-refractivity contribution in [2.45, 2.75) is 53.4 Å². The fourth-order valence-corrected chi connectivity index (χ4v) is 3.25. The van der Waals surface area contributed by atoms with Crippen LogP contribution in [0.5, 0.6) is 5.75 Å². The van der Waals surface area contributed by atoms with Crippen molar-refractivity contribution in [2.24, 2.45) is 5.41 Å². The number of amides is 2. The molecular weight excluding hydrogens is 388 g/mol. The maximum absolute atomic E-state index is 12.9. The maximum Gasteiger partial charge on any atom is 0.230 e. The van der Waals surface area contributed by atoms with Gasteiger partial charge in [-0.25, -0.2) is 0 Å². The minimum Gasteiger partial charge on any atom is -0.493 e. The first-order valence-electron chi connectivity index (χ1n) is 10.9. The molecule has 0 fully saturated rings. The average molecular weight is 425 g/mol. The van der Waals surface area contributed by atoms with Crippen molar-refractivity contribution in [2.75, 3.05) is 26.0 Å². The quantitative estimate of drug-likeness (QED) is 0.537. The molecule has 0 aromatic heterocycles. The fourth-order valence-electron chi connectivity index (χ4n) is 3.25. The van der Waals surface area contributed by atoms with Gasteiger partial charge in [0.1, 0.15) is 5.75 Å².